The van der Waals surface area contributed by atoms with Crippen LogP contribution >= 0.6 is 58.0 Å². The van der Waals surface area contributed by atoms with E-state index in [0.717, 1.165) is 13.0 Å². The summed E-state index contributed by atoms with van der Waals surface area (Å²) in [6.07, 6.45) is 3.41. The van der Waals surface area contributed by atoms with E-state index in [-0.39, 0.29) is 5.82 Å². The van der Waals surface area contributed by atoms with Crippen LogP contribution in [0.3, 0.4) is 0 Å². The van der Waals surface area contributed by atoms with Gasteiger partial charge in [-0.1, -0.05) is 58.0 Å². The lowest BCUT2D eigenvalue weighted by molar-refractivity contribution is 0.301. The van der Waals surface area contributed by atoms with Gasteiger partial charge in [-0.05, 0) is 51.1 Å². The number of hydrogen-bond donors (Lipinski definition) is 1. The van der Waals surface area contributed by atoms with Gasteiger partial charge in [0.05, 0.1) is 10.0 Å². The quantitative estimate of drug-likeness (QED) is 0.581. The lowest BCUT2D eigenvalue weighted by atomic mass is 10.1. The zero-order valence-corrected chi connectivity index (χ0v) is 18.3. The minimum absolute atomic E-state index is 0.0454. The second-order valence-corrected chi connectivity index (χ2v) is 9.52. The molecule has 2 aromatic rings. The lowest BCUT2D eigenvalue weighted by Gasteiger charge is -2.19. The van der Waals surface area contributed by atoms with Crippen LogP contribution in [0.5, 0.6) is 0 Å². The Morgan fingerprint density at radius 1 is 1.15 bits per heavy atom. The molecule has 0 radical (unpaired) electrons. The minimum Gasteiger partial charge on any atom is -0.354 e. The van der Waals surface area contributed by atoms with Crippen molar-refractivity contribution in [1.29, 1.82) is 0 Å². The molecule has 5 nitrogen and oxygen atoms in total. The SMILES string of the molecule is CN1CCCC1CCNc1nc(-c2ccc(Cl)c(Cl)c2)nc(C(Cl)(Cl)Cl)n1. The summed E-state index contributed by atoms with van der Waals surface area (Å²) in [7, 11) is 2.14. The molecule has 0 saturated carbocycles. The molecule has 0 spiro atoms. The molecule has 2 heterocycles. The second-order valence-electron chi connectivity index (χ2n) is 6.42. The van der Waals surface area contributed by atoms with Gasteiger partial charge in [0.25, 0.3) is 0 Å². The Kier molecular flexibility index (Phi) is 6.93. The highest BCUT2D eigenvalue weighted by atomic mass is 35.6. The zero-order chi connectivity index (χ0) is 19.6. The van der Waals surface area contributed by atoms with Crippen molar-refractivity contribution in [1.82, 2.24) is 19.9 Å². The highest BCUT2D eigenvalue weighted by Gasteiger charge is 2.29. The van der Waals surface area contributed by atoms with Gasteiger partial charge in [0.15, 0.2) is 11.6 Å². The fraction of sp³-hybridized carbons (Fsp3) is 0.471. The molecule has 1 aliphatic heterocycles. The number of rotatable bonds is 5. The fourth-order valence-electron chi connectivity index (χ4n) is 3.04. The van der Waals surface area contributed by atoms with E-state index >= 15 is 0 Å². The van der Waals surface area contributed by atoms with Gasteiger partial charge in [-0.25, -0.2) is 4.98 Å². The molecule has 1 N–H and O–H groups in total. The molecule has 1 aromatic heterocycles. The largest absolute Gasteiger partial charge is 0.354 e. The number of likely N-dealkylation sites (tertiary alicyclic amines) is 1. The van der Waals surface area contributed by atoms with Gasteiger partial charge < -0.3 is 10.2 Å². The van der Waals surface area contributed by atoms with Crippen molar-refractivity contribution in [3.05, 3.63) is 34.1 Å². The molecule has 1 aromatic carbocycles. The van der Waals surface area contributed by atoms with E-state index in [1.165, 1.54) is 12.8 Å². The van der Waals surface area contributed by atoms with Crippen LogP contribution in [0.4, 0.5) is 5.95 Å². The van der Waals surface area contributed by atoms with Crippen molar-refractivity contribution in [2.24, 2.45) is 0 Å². The molecule has 1 fully saturated rings. The molecule has 0 aliphatic carbocycles. The van der Waals surface area contributed by atoms with Crippen molar-refractivity contribution in [2.45, 2.75) is 29.1 Å². The summed E-state index contributed by atoms with van der Waals surface area (Å²) in [5.41, 5.74) is 0.654. The summed E-state index contributed by atoms with van der Waals surface area (Å²) >= 11 is 30.1. The van der Waals surface area contributed by atoms with Gasteiger partial charge in [0, 0.05) is 18.2 Å². The van der Waals surface area contributed by atoms with Crippen molar-refractivity contribution in [3.63, 3.8) is 0 Å². The van der Waals surface area contributed by atoms with E-state index in [2.05, 4.69) is 32.2 Å². The number of halogens is 5. The summed E-state index contributed by atoms with van der Waals surface area (Å²) < 4.78 is -1.77. The van der Waals surface area contributed by atoms with E-state index in [0.29, 0.717) is 40.0 Å². The van der Waals surface area contributed by atoms with Crippen LogP contribution in [0.1, 0.15) is 25.1 Å². The molecule has 1 saturated heterocycles. The highest BCUT2D eigenvalue weighted by molar-refractivity contribution is 6.66. The maximum atomic E-state index is 6.10. The summed E-state index contributed by atoms with van der Waals surface area (Å²) in [4.78, 5) is 15.3. The van der Waals surface area contributed by atoms with Gasteiger partial charge >= 0.3 is 0 Å². The standard InChI is InChI=1S/C17H18Cl5N5/c1-27-8-2-3-11(27)6-7-23-16-25-14(24-15(26-16)17(20,21)22)10-4-5-12(18)13(19)9-10/h4-5,9,11H,2-3,6-8H2,1H3,(H,23,24,25,26). The molecule has 1 atom stereocenters. The first kappa shape index (κ1) is 21.2. The number of hydrogen-bond acceptors (Lipinski definition) is 5. The number of nitrogens with one attached hydrogen (secondary N) is 1. The molecule has 1 aliphatic rings. The maximum absolute atomic E-state index is 6.10. The maximum Gasteiger partial charge on any atom is 0.250 e. The molecule has 0 bridgehead atoms. The first-order valence-electron chi connectivity index (χ1n) is 8.47. The molecular formula is C17H18Cl5N5. The first-order chi connectivity index (χ1) is 12.7. The Balaban J connectivity index is 1.83. The average molecular weight is 470 g/mol. The van der Waals surface area contributed by atoms with Gasteiger partial charge in [0.1, 0.15) is 0 Å². The van der Waals surface area contributed by atoms with Gasteiger partial charge in [0.2, 0.25) is 9.74 Å². The van der Waals surface area contributed by atoms with E-state index < -0.39 is 3.79 Å². The Hall–Kier alpha value is -0.560. The Morgan fingerprint density at radius 3 is 2.56 bits per heavy atom. The number of benzene rings is 1. The van der Waals surface area contributed by atoms with Crippen molar-refractivity contribution in [2.75, 3.05) is 25.5 Å². The third kappa shape index (κ3) is 5.49. The van der Waals surface area contributed by atoms with Crippen LogP contribution in [-0.2, 0) is 3.79 Å². The Labute approximate surface area is 183 Å². The monoisotopic (exact) mass is 467 g/mol. The summed E-state index contributed by atoms with van der Waals surface area (Å²) in [5.74, 6) is 0.752. The van der Waals surface area contributed by atoms with Gasteiger partial charge in [-0.3, -0.25) is 0 Å². The molecule has 10 heteroatoms. The normalized spacial score (nSPS) is 18.1. The molecule has 1 unspecified atom stereocenters. The molecule has 27 heavy (non-hydrogen) atoms. The average Bonchev–Trinajstić information content (AvgIpc) is 3.01. The van der Waals surface area contributed by atoms with Crippen molar-refractivity contribution < 1.29 is 0 Å². The van der Waals surface area contributed by atoms with Crippen molar-refractivity contribution >= 4 is 64.0 Å². The Morgan fingerprint density at radius 2 is 1.93 bits per heavy atom. The van der Waals surface area contributed by atoms with Crippen molar-refractivity contribution in [3.8, 4) is 11.4 Å². The third-order valence-electron chi connectivity index (χ3n) is 4.50. The predicted molar refractivity (Wildman–Crippen MR) is 113 cm³/mol. The molecule has 0 amide bonds. The zero-order valence-electron chi connectivity index (χ0n) is 14.5. The van der Waals surface area contributed by atoms with Crippen LogP contribution in [0.2, 0.25) is 10.0 Å². The summed E-state index contributed by atoms with van der Waals surface area (Å²) in [6, 6.07) is 5.64. The van der Waals surface area contributed by atoms with Gasteiger partial charge in [-0.2, -0.15) is 9.97 Å². The smallest absolute Gasteiger partial charge is 0.250 e. The van der Waals surface area contributed by atoms with Crippen LogP contribution in [0.25, 0.3) is 11.4 Å². The summed E-state index contributed by atoms with van der Waals surface area (Å²) in [5, 5.41) is 4.05. The second kappa shape index (κ2) is 8.85. The molecule has 3 rings (SSSR count). The van der Waals surface area contributed by atoms with Crippen LogP contribution < -0.4 is 5.32 Å². The number of nitrogens with zero attached hydrogens (tertiary/aromatic N) is 4. The Bertz CT molecular complexity index is 811. The van der Waals surface area contributed by atoms with Gasteiger partial charge in [-0.15, -0.1) is 0 Å². The molecular weight excluding hydrogens is 451 g/mol. The number of anilines is 1. The number of alkyl halides is 3. The topological polar surface area (TPSA) is 53.9 Å². The third-order valence-corrected chi connectivity index (χ3v) is 5.75. The van der Waals surface area contributed by atoms with Crippen LogP contribution in [0.15, 0.2) is 18.2 Å². The number of aromatic nitrogens is 3. The van der Waals surface area contributed by atoms with E-state index in [1.807, 2.05) is 0 Å². The molecule has 146 valence electrons. The highest BCUT2D eigenvalue weighted by Crippen LogP contribution is 2.37. The lowest BCUT2D eigenvalue weighted by Crippen LogP contribution is -2.27. The summed E-state index contributed by atoms with van der Waals surface area (Å²) in [6.45, 7) is 1.84. The predicted octanol–water partition coefficient (Wildman–Crippen LogP) is 5.57. The van der Waals surface area contributed by atoms with Crippen LogP contribution in [-0.4, -0.2) is 46.0 Å². The van der Waals surface area contributed by atoms with Crippen LogP contribution in [0, 0.1) is 0 Å². The first-order valence-corrected chi connectivity index (χ1v) is 10.4. The minimum atomic E-state index is -1.77. The van der Waals surface area contributed by atoms with E-state index in [9.17, 15) is 0 Å². The fourth-order valence-corrected chi connectivity index (χ4v) is 3.59. The van der Waals surface area contributed by atoms with E-state index in [4.69, 9.17) is 58.0 Å². The van der Waals surface area contributed by atoms with E-state index in [1.54, 1.807) is 18.2 Å².